The van der Waals surface area contributed by atoms with E-state index in [-0.39, 0.29) is 5.56 Å². The summed E-state index contributed by atoms with van der Waals surface area (Å²) in [6.45, 7) is 0. The Balaban J connectivity index is 1.71. The molecule has 4 aromatic rings. The number of anilines is 2. The Hall–Kier alpha value is -3.80. The third-order valence-corrected chi connectivity index (χ3v) is 3.82. The van der Waals surface area contributed by atoms with Gasteiger partial charge in [0.15, 0.2) is 0 Å². The molecule has 0 unspecified atom stereocenters. The third kappa shape index (κ3) is 3.49. The minimum absolute atomic E-state index is 0.189. The second-order valence-electron chi connectivity index (χ2n) is 5.64. The van der Waals surface area contributed by atoms with E-state index in [9.17, 15) is 4.79 Å². The van der Waals surface area contributed by atoms with Crippen molar-refractivity contribution in [3.8, 4) is 22.5 Å². The fourth-order valence-electron chi connectivity index (χ4n) is 2.61. The molecule has 0 fully saturated rings. The maximum Gasteiger partial charge on any atom is 0.249 e. The highest BCUT2D eigenvalue weighted by Gasteiger charge is 2.07. The number of nitrogens with one attached hydrogen (secondary N) is 2. The van der Waals surface area contributed by atoms with Gasteiger partial charge in [-0.1, -0.05) is 18.2 Å². The van der Waals surface area contributed by atoms with Crippen molar-refractivity contribution in [2.45, 2.75) is 0 Å². The Morgan fingerprint density at radius 1 is 0.846 bits per heavy atom. The lowest BCUT2D eigenvalue weighted by Crippen LogP contribution is -2.06. The van der Waals surface area contributed by atoms with Crippen LogP contribution in [0, 0.1) is 0 Å². The fourth-order valence-corrected chi connectivity index (χ4v) is 2.61. The minimum atomic E-state index is -0.189. The summed E-state index contributed by atoms with van der Waals surface area (Å²) < 4.78 is 0. The van der Waals surface area contributed by atoms with Gasteiger partial charge in [0.1, 0.15) is 0 Å². The predicted molar refractivity (Wildman–Crippen MR) is 101 cm³/mol. The summed E-state index contributed by atoms with van der Waals surface area (Å²) in [7, 11) is 0. The van der Waals surface area contributed by atoms with Gasteiger partial charge in [-0.15, -0.1) is 0 Å². The molecular formula is C20H15N5O. The highest BCUT2D eigenvalue weighted by Crippen LogP contribution is 2.22. The van der Waals surface area contributed by atoms with Crippen molar-refractivity contribution in [1.82, 2.24) is 19.9 Å². The second kappa shape index (κ2) is 6.98. The highest BCUT2D eigenvalue weighted by atomic mass is 16.1. The molecule has 2 N–H and O–H groups in total. The number of H-pyrrole nitrogens is 1. The van der Waals surface area contributed by atoms with Crippen LogP contribution in [0.5, 0.6) is 0 Å². The molecule has 3 aromatic heterocycles. The lowest BCUT2D eigenvalue weighted by molar-refractivity contribution is 1.16. The third-order valence-electron chi connectivity index (χ3n) is 3.82. The van der Waals surface area contributed by atoms with Gasteiger partial charge in [-0.05, 0) is 36.4 Å². The summed E-state index contributed by atoms with van der Waals surface area (Å²) >= 11 is 0. The van der Waals surface area contributed by atoms with Crippen molar-refractivity contribution in [2.24, 2.45) is 0 Å². The molecule has 0 spiro atoms. The van der Waals surface area contributed by atoms with Crippen LogP contribution < -0.4 is 10.9 Å². The summed E-state index contributed by atoms with van der Waals surface area (Å²) in [4.78, 5) is 27.7. The Bertz CT molecular complexity index is 1080. The zero-order chi connectivity index (χ0) is 17.8. The van der Waals surface area contributed by atoms with Crippen LogP contribution in [-0.4, -0.2) is 19.9 Å². The van der Waals surface area contributed by atoms with Gasteiger partial charge in [0.2, 0.25) is 11.5 Å². The van der Waals surface area contributed by atoms with Crippen molar-refractivity contribution in [1.29, 1.82) is 0 Å². The lowest BCUT2D eigenvalue weighted by Gasteiger charge is -2.08. The van der Waals surface area contributed by atoms with Gasteiger partial charge in [-0.25, -0.2) is 9.97 Å². The quantitative estimate of drug-likeness (QED) is 0.592. The summed E-state index contributed by atoms with van der Waals surface area (Å²) in [6, 6.07) is 18.6. The summed E-state index contributed by atoms with van der Waals surface area (Å²) in [5, 5.41) is 3.16. The standard InChI is InChI=1S/C20H15N5O/c26-19-13-15(12-18(24-19)14-6-9-21-10-7-14)17-8-11-22-20(25-17)23-16-4-2-1-3-5-16/h1-13H,(H,24,26)(H,22,23,25). The molecule has 0 aliphatic carbocycles. The number of hydrogen-bond donors (Lipinski definition) is 2. The van der Waals surface area contributed by atoms with Gasteiger partial charge < -0.3 is 10.3 Å². The van der Waals surface area contributed by atoms with Gasteiger partial charge in [0, 0.05) is 47.2 Å². The minimum Gasteiger partial charge on any atom is -0.324 e. The molecule has 4 rings (SSSR count). The molecule has 0 saturated heterocycles. The SMILES string of the molecule is O=c1cc(-c2ccnc(Nc3ccccc3)n2)cc(-c2ccncc2)[nH]1. The lowest BCUT2D eigenvalue weighted by atomic mass is 10.1. The molecule has 126 valence electrons. The molecule has 1 aromatic carbocycles. The molecule has 0 amide bonds. The number of nitrogens with zero attached hydrogens (tertiary/aromatic N) is 3. The van der Waals surface area contributed by atoms with E-state index >= 15 is 0 Å². The van der Waals surface area contributed by atoms with Crippen LogP contribution in [0.2, 0.25) is 0 Å². The maximum absolute atomic E-state index is 12.1. The van der Waals surface area contributed by atoms with Crippen molar-refractivity contribution < 1.29 is 0 Å². The largest absolute Gasteiger partial charge is 0.324 e. The average Bonchev–Trinajstić information content (AvgIpc) is 2.69. The van der Waals surface area contributed by atoms with E-state index in [2.05, 4.69) is 25.3 Å². The normalized spacial score (nSPS) is 10.5. The van der Waals surface area contributed by atoms with Crippen molar-refractivity contribution >= 4 is 11.6 Å². The summed E-state index contributed by atoms with van der Waals surface area (Å²) in [5.74, 6) is 0.472. The van der Waals surface area contributed by atoms with E-state index in [1.165, 1.54) is 6.07 Å². The molecule has 0 saturated carbocycles. The Morgan fingerprint density at radius 2 is 1.65 bits per heavy atom. The van der Waals surface area contributed by atoms with E-state index < -0.39 is 0 Å². The molecule has 0 aliphatic heterocycles. The van der Waals surface area contributed by atoms with Gasteiger partial charge in [-0.2, -0.15) is 0 Å². The first-order valence-corrected chi connectivity index (χ1v) is 8.08. The van der Waals surface area contributed by atoms with Gasteiger partial charge in [0.05, 0.1) is 5.69 Å². The number of aromatic amines is 1. The zero-order valence-corrected chi connectivity index (χ0v) is 13.8. The zero-order valence-electron chi connectivity index (χ0n) is 13.8. The molecule has 0 atom stereocenters. The highest BCUT2D eigenvalue weighted by molar-refractivity contribution is 5.68. The van der Waals surface area contributed by atoms with Crippen molar-refractivity contribution in [3.63, 3.8) is 0 Å². The van der Waals surface area contributed by atoms with Crippen LogP contribution in [0.15, 0.2) is 84.0 Å². The van der Waals surface area contributed by atoms with Crippen molar-refractivity contribution in [2.75, 3.05) is 5.32 Å². The Labute approximate surface area is 149 Å². The molecule has 26 heavy (non-hydrogen) atoms. The van der Waals surface area contributed by atoms with Gasteiger partial charge in [0.25, 0.3) is 0 Å². The summed E-state index contributed by atoms with van der Waals surface area (Å²) in [6.07, 6.45) is 5.04. The Morgan fingerprint density at radius 3 is 2.46 bits per heavy atom. The number of pyridine rings is 2. The average molecular weight is 341 g/mol. The van der Waals surface area contributed by atoms with E-state index in [0.29, 0.717) is 17.3 Å². The van der Waals surface area contributed by atoms with Crippen molar-refractivity contribution in [3.05, 3.63) is 89.6 Å². The molecule has 3 heterocycles. The molecule has 0 aliphatic rings. The van der Waals surface area contributed by atoms with E-state index in [4.69, 9.17) is 0 Å². The first-order valence-electron chi connectivity index (χ1n) is 8.08. The number of aromatic nitrogens is 4. The number of para-hydroxylation sites is 1. The smallest absolute Gasteiger partial charge is 0.249 e. The van der Waals surface area contributed by atoms with E-state index in [1.807, 2.05) is 48.5 Å². The molecule has 6 heteroatoms. The molecule has 0 bridgehead atoms. The topological polar surface area (TPSA) is 83.6 Å². The fraction of sp³-hybridized carbons (Fsp3) is 0. The predicted octanol–water partition coefficient (Wildman–Crippen LogP) is 3.64. The second-order valence-corrected chi connectivity index (χ2v) is 5.64. The Kier molecular flexibility index (Phi) is 4.22. The van der Waals surface area contributed by atoms with Crippen LogP contribution in [0.1, 0.15) is 0 Å². The maximum atomic E-state index is 12.1. The number of hydrogen-bond acceptors (Lipinski definition) is 5. The monoisotopic (exact) mass is 341 g/mol. The van der Waals surface area contributed by atoms with E-state index in [1.54, 1.807) is 24.7 Å². The van der Waals surface area contributed by atoms with Crippen LogP contribution in [0.25, 0.3) is 22.5 Å². The summed E-state index contributed by atoms with van der Waals surface area (Å²) in [5.41, 5.74) is 3.69. The number of benzene rings is 1. The van der Waals surface area contributed by atoms with E-state index in [0.717, 1.165) is 16.8 Å². The first-order chi connectivity index (χ1) is 12.8. The van der Waals surface area contributed by atoms with Crippen LogP contribution in [-0.2, 0) is 0 Å². The molecule has 0 radical (unpaired) electrons. The van der Waals surface area contributed by atoms with Crippen LogP contribution in [0.4, 0.5) is 11.6 Å². The van der Waals surface area contributed by atoms with Crippen LogP contribution in [0.3, 0.4) is 0 Å². The van der Waals surface area contributed by atoms with Gasteiger partial charge >= 0.3 is 0 Å². The first kappa shape index (κ1) is 15.7. The molecular weight excluding hydrogens is 326 g/mol. The molecule has 6 nitrogen and oxygen atoms in total. The number of rotatable bonds is 4. The van der Waals surface area contributed by atoms with Crippen LogP contribution >= 0.6 is 0 Å². The van der Waals surface area contributed by atoms with Gasteiger partial charge in [-0.3, -0.25) is 9.78 Å².